The molecule has 0 bridgehead atoms. The van der Waals surface area contributed by atoms with E-state index in [1.54, 1.807) is 0 Å². The van der Waals surface area contributed by atoms with Crippen LogP contribution in [0.4, 0.5) is 0 Å². The maximum atomic E-state index is 10.0. The summed E-state index contributed by atoms with van der Waals surface area (Å²) in [6, 6.07) is 1.23. The van der Waals surface area contributed by atoms with E-state index in [1.165, 1.54) is 11.2 Å². The van der Waals surface area contributed by atoms with Crippen LogP contribution in [0, 0.1) is 0 Å². The minimum Gasteiger partial charge on any atom is -0.550 e. The summed E-state index contributed by atoms with van der Waals surface area (Å²) in [4.78, 5) is 10.0. The van der Waals surface area contributed by atoms with E-state index in [0.717, 1.165) is 12.8 Å². The molecule has 0 saturated carbocycles. The molecular formula is C9H17KO2Si. The number of unbranched alkanes of at least 4 members (excludes halogenated alkanes) is 1. The molecule has 4 heteroatoms. The normalized spacial score (nSPS) is 11.7. The van der Waals surface area contributed by atoms with Crippen LogP contribution in [0.5, 0.6) is 0 Å². The number of aliphatic carboxylic acids is 1. The SMILES string of the molecule is CC=C(C)[SiH2]CCCCC(=O)[O-].[K+]. The Morgan fingerprint density at radius 3 is 2.54 bits per heavy atom. The Hall–Kier alpha value is 1.06. The minimum absolute atomic E-state index is 0. The van der Waals surface area contributed by atoms with Gasteiger partial charge < -0.3 is 9.90 Å². The summed E-state index contributed by atoms with van der Waals surface area (Å²) in [5.41, 5.74) is 0. The molecule has 0 unspecified atom stereocenters. The summed E-state index contributed by atoms with van der Waals surface area (Å²) in [7, 11) is -0.0614. The Labute approximate surface area is 125 Å². The van der Waals surface area contributed by atoms with Gasteiger partial charge in [-0.3, -0.25) is 0 Å². The second kappa shape index (κ2) is 11.1. The summed E-state index contributed by atoms with van der Waals surface area (Å²) in [6.07, 6.45) is 4.21. The minimum atomic E-state index is -0.917. The van der Waals surface area contributed by atoms with Crippen LogP contribution in [-0.4, -0.2) is 15.5 Å². The van der Waals surface area contributed by atoms with E-state index in [9.17, 15) is 9.90 Å². The van der Waals surface area contributed by atoms with Gasteiger partial charge in [-0.2, -0.15) is 0 Å². The van der Waals surface area contributed by atoms with Crippen LogP contribution in [0.1, 0.15) is 33.1 Å². The van der Waals surface area contributed by atoms with Crippen molar-refractivity contribution in [3.05, 3.63) is 11.3 Å². The summed E-state index contributed by atoms with van der Waals surface area (Å²) in [5, 5.41) is 11.6. The summed E-state index contributed by atoms with van der Waals surface area (Å²) >= 11 is 0. The first-order chi connectivity index (χ1) is 5.66. The van der Waals surface area contributed by atoms with Gasteiger partial charge in [0, 0.05) is 15.5 Å². The second-order valence-electron chi connectivity index (χ2n) is 3.07. The molecule has 0 aliphatic heterocycles. The average molecular weight is 224 g/mol. The van der Waals surface area contributed by atoms with Crippen molar-refractivity contribution >= 4 is 15.5 Å². The molecule has 0 aliphatic carbocycles. The van der Waals surface area contributed by atoms with Gasteiger partial charge in [0.2, 0.25) is 0 Å². The summed E-state index contributed by atoms with van der Waals surface area (Å²) < 4.78 is 0. The van der Waals surface area contributed by atoms with Gasteiger partial charge >= 0.3 is 51.4 Å². The quantitative estimate of drug-likeness (QED) is 0.367. The van der Waals surface area contributed by atoms with Gasteiger partial charge in [-0.15, -0.1) is 0 Å². The third-order valence-corrected chi connectivity index (χ3v) is 4.00. The van der Waals surface area contributed by atoms with E-state index >= 15 is 0 Å². The van der Waals surface area contributed by atoms with Crippen molar-refractivity contribution in [2.24, 2.45) is 0 Å². The van der Waals surface area contributed by atoms with Crippen LogP contribution in [0.15, 0.2) is 11.3 Å². The maximum absolute atomic E-state index is 10.0. The molecule has 0 heterocycles. The molecule has 0 fully saturated rings. The standard InChI is InChI=1S/C9H18O2Si.K/c1-3-8(2)12-7-5-4-6-9(10)11;/h3H,4-7,12H2,1-2H3,(H,10,11);/q;+1/p-1. The fourth-order valence-corrected chi connectivity index (χ4v) is 2.44. The largest absolute Gasteiger partial charge is 1.00 e. The molecule has 70 valence electrons. The van der Waals surface area contributed by atoms with Crippen LogP contribution >= 0.6 is 0 Å². The molecule has 0 rings (SSSR count). The zero-order valence-corrected chi connectivity index (χ0v) is 13.5. The average Bonchev–Trinajstić information content (AvgIpc) is 2.03. The Bertz CT molecular complexity index is 169. The number of carbonyl (C=O) groups excluding carboxylic acids is 1. The topological polar surface area (TPSA) is 40.1 Å². The molecule has 0 aliphatic rings. The van der Waals surface area contributed by atoms with Crippen molar-refractivity contribution in [3.63, 3.8) is 0 Å². The van der Waals surface area contributed by atoms with E-state index in [2.05, 4.69) is 19.9 Å². The number of rotatable bonds is 6. The van der Waals surface area contributed by atoms with Crippen molar-refractivity contribution < 1.29 is 61.3 Å². The van der Waals surface area contributed by atoms with Crippen LogP contribution in [-0.2, 0) is 4.79 Å². The van der Waals surface area contributed by atoms with E-state index in [-0.39, 0.29) is 67.3 Å². The van der Waals surface area contributed by atoms with Gasteiger partial charge in [0.1, 0.15) is 0 Å². The number of allylic oxidation sites excluding steroid dienone is 2. The van der Waals surface area contributed by atoms with Crippen molar-refractivity contribution in [1.82, 2.24) is 0 Å². The molecule has 0 saturated heterocycles. The molecular weight excluding hydrogens is 207 g/mol. The number of hydrogen-bond acceptors (Lipinski definition) is 2. The third kappa shape index (κ3) is 13.1. The maximum Gasteiger partial charge on any atom is 1.00 e. The Balaban J connectivity index is 0. The zero-order valence-electron chi connectivity index (χ0n) is 8.93. The molecule has 13 heavy (non-hydrogen) atoms. The fraction of sp³-hybridized carbons (Fsp3) is 0.667. The molecule has 2 nitrogen and oxygen atoms in total. The van der Waals surface area contributed by atoms with Crippen LogP contribution in [0.3, 0.4) is 0 Å². The van der Waals surface area contributed by atoms with Gasteiger partial charge in [-0.25, -0.2) is 0 Å². The van der Waals surface area contributed by atoms with Crippen molar-refractivity contribution in [3.8, 4) is 0 Å². The van der Waals surface area contributed by atoms with Crippen LogP contribution in [0.2, 0.25) is 6.04 Å². The molecule has 0 amide bonds. The van der Waals surface area contributed by atoms with Crippen molar-refractivity contribution in [2.75, 3.05) is 0 Å². The number of carboxylic acid groups (broad SMARTS) is 1. The van der Waals surface area contributed by atoms with Crippen LogP contribution in [0.25, 0.3) is 0 Å². The summed E-state index contributed by atoms with van der Waals surface area (Å²) in [6.45, 7) is 4.22. The van der Waals surface area contributed by atoms with E-state index in [4.69, 9.17) is 0 Å². The van der Waals surface area contributed by atoms with Gasteiger partial charge in [-0.1, -0.05) is 23.7 Å². The van der Waals surface area contributed by atoms with E-state index < -0.39 is 5.97 Å². The Morgan fingerprint density at radius 1 is 1.46 bits per heavy atom. The number of carbonyl (C=O) groups is 1. The molecule has 0 N–H and O–H groups in total. The molecule has 0 aromatic heterocycles. The molecule has 0 aromatic carbocycles. The fourth-order valence-electron chi connectivity index (χ4n) is 0.994. The molecule has 0 radical (unpaired) electrons. The van der Waals surface area contributed by atoms with E-state index in [1.807, 2.05) is 0 Å². The van der Waals surface area contributed by atoms with Crippen LogP contribution < -0.4 is 56.5 Å². The third-order valence-electron chi connectivity index (χ3n) is 1.94. The first-order valence-corrected chi connectivity index (χ1v) is 6.19. The second-order valence-corrected chi connectivity index (χ2v) is 5.39. The Kier molecular flexibility index (Phi) is 14.1. The number of hydrogen-bond donors (Lipinski definition) is 0. The first kappa shape index (κ1) is 16.5. The van der Waals surface area contributed by atoms with Crippen molar-refractivity contribution in [1.29, 1.82) is 0 Å². The van der Waals surface area contributed by atoms with Gasteiger partial charge in [-0.05, 0) is 26.7 Å². The summed E-state index contributed by atoms with van der Waals surface area (Å²) in [5.74, 6) is -0.917. The first-order valence-electron chi connectivity index (χ1n) is 4.48. The van der Waals surface area contributed by atoms with Crippen molar-refractivity contribution in [2.45, 2.75) is 39.2 Å². The van der Waals surface area contributed by atoms with E-state index in [0.29, 0.717) is 0 Å². The predicted molar refractivity (Wildman–Crippen MR) is 51.6 cm³/mol. The monoisotopic (exact) mass is 224 g/mol. The zero-order chi connectivity index (χ0) is 9.40. The van der Waals surface area contributed by atoms with Gasteiger partial charge in [0.05, 0.1) is 0 Å². The van der Waals surface area contributed by atoms with Gasteiger partial charge in [0.25, 0.3) is 0 Å². The molecule has 0 aromatic rings. The van der Waals surface area contributed by atoms with Gasteiger partial charge in [0.15, 0.2) is 0 Å². The molecule has 0 spiro atoms. The Morgan fingerprint density at radius 2 is 2.08 bits per heavy atom. The number of carboxylic acids is 1. The predicted octanol–water partition coefficient (Wildman–Crippen LogP) is -2.58. The molecule has 0 atom stereocenters. The smallest absolute Gasteiger partial charge is 0.550 e.